The molecule has 0 radical (unpaired) electrons. The van der Waals surface area contributed by atoms with Crippen LogP contribution in [-0.2, 0) is 17.8 Å². The van der Waals surface area contributed by atoms with E-state index < -0.39 is 23.9 Å². The van der Waals surface area contributed by atoms with Gasteiger partial charge in [-0.15, -0.1) is 0 Å². The molecule has 160 valence electrons. The number of thiazole rings is 1. The van der Waals surface area contributed by atoms with Crippen molar-refractivity contribution in [3.05, 3.63) is 10.6 Å². The highest BCUT2D eigenvalue weighted by atomic mass is 32.1. The van der Waals surface area contributed by atoms with Gasteiger partial charge in [0.2, 0.25) is 5.92 Å². The molecule has 2 saturated heterocycles. The molecule has 3 aliphatic heterocycles. The summed E-state index contributed by atoms with van der Waals surface area (Å²) in [6.07, 6.45) is 0.831. The molecular weight excluding hydrogens is 401 g/mol. The summed E-state index contributed by atoms with van der Waals surface area (Å²) in [7, 11) is 0. The lowest BCUT2D eigenvalue weighted by molar-refractivity contribution is -0.141. The third kappa shape index (κ3) is 3.65. The number of hydrogen-bond donors (Lipinski definition) is 1. The summed E-state index contributed by atoms with van der Waals surface area (Å²) in [5, 5.41) is 4.50. The maximum atomic E-state index is 14.8. The fourth-order valence-corrected chi connectivity index (χ4v) is 6.57. The Bertz CT molecular complexity index is 762. The minimum absolute atomic E-state index is 0.0788. The Morgan fingerprint density at radius 1 is 1.17 bits per heavy atom. The number of aromatic nitrogens is 1. The van der Waals surface area contributed by atoms with Crippen LogP contribution in [-0.4, -0.2) is 59.6 Å². The number of carbonyl (C=O) groups excluding carboxylic acids is 1. The lowest BCUT2D eigenvalue weighted by Gasteiger charge is -2.35. The number of anilines is 1. The molecule has 5 rings (SSSR count). The van der Waals surface area contributed by atoms with E-state index in [4.69, 9.17) is 4.98 Å². The molecule has 0 aromatic carbocycles. The minimum Gasteiger partial charge on any atom is -0.340 e. The molecule has 3 fully saturated rings. The van der Waals surface area contributed by atoms with Crippen molar-refractivity contribution in [1.29, 1.82) is 0 Å². The molecule has 1 amide bonds. The Morgan fingerprint density at radius 3 is 2.55 bits per heavy atom. The van der Waals surface area contributed by atoms with Crippen molar-refractivity contribution in [3.63, 3.8) is 0 Å². The molecule has 1 aliphatic carbocycles. The zero-order valence-electron chi connectivity index (χ0n) is 16.4. The molecule has 4 aliphatic rings. The van der Waals surface area contributed by atoms with E-state index in [1.54, 1.807) is 16.2 Å². The van der Waals surface area contributed by atoms with E-state index in [0.29, 0.717) is 31.6 Å². The molecule has 1 aromatic heterocycles. The topological polar surface area (TPSA) is 48.5 Å². The molecule has 9 heteroatoms. The Kier molecular flexibility index (Phi) is 5.01. The molecule has 1 saturated carbocycles. The van der Waals surface area contributed by atoms with E-state index in [1.807, 2.05) is 0 Å². The first-order valence-electron chi connectivity index (χ1n) is 10.7. The predicted molar refractivity (Wildman–Crippen MR) is 105 cm³/mol. The normalized spacial score (nSPS) is 30.3. The van der Waals surface area contributed by atoms with Gasteiger partial charge in [0.1, 0.15) is 0 Å². The standard InChI is InChI=1S/C20H27F3N4OS/c21-17(12-3-6-20(22,23)7-4-12)18(28)26-8-5-15-16(11-26)29-19(25-15)27-13-1-2-14(27)10-24-9-13/h12-14,17,24H,1-11H2. The molecule has 3 unspecified atom stereocenters. The van der Waals surface area contributed by atoms with Crippen LogP contribution < -0.4 is 10.2 Å². The molecule has 2 bridgehead atoms. The van der Waals surface area contributed by atoms with E-state index in [9.17, 15) is 18.0 Å². The lowest BCUT2D eigenvalue weighted by atomic mass is 9.83. The fourth-order valence-electron chi connectivity index (χ4n) is 5.30. The SMILES string of the molecule is O=C(C(F)C1CCC(F)(F)CC1)N1CCc2nc(N3C4CCC3CNC4)sc2C1. The lowest BCUT2D eigenvalue weighted by Crippen LogP contribution is -2.51. The smallest absolute Gasteiger partial charge is 0.257 e. The second-order valence-electron chi connectivity index (χ2n) is 8.92. The van der Waals surface area contributed by atoms with E-state index in [0.717, 1.165) is 28.8 Å². The van der Waals surface area contributed by atoms with E-state index in [-0.39, 0.29) is 25.7 Å². The van der Waals surface area contributed by atoms with Crippen LogP contribution in [0.2, 0.25) is 0 Å². The van der Waals surface area contributed by atoms with Crippen molar-refractivity contribution < 1.29 is 18.0 Å². The van der Waals surface area contributed by atoms with E-state index in [2.05, 4.69) is 10.2 Å². The van der Waals surface area contributed by atoms with Gasteiger partial charge in [-0.2, -0.15) is 0 Å². The van der Waals surface area contributed by atoms with Gasteiger partial charge in [-0.1, -0.05) is 11.3 Å². The number of carbonyl (C=O) groups is 1. The van der Waals surface area contributed by atoms with Crippen molar-refractivity contribution >= 4 is 22.4 Å². The average molecular weight is 429 g/mol. The van der Waals surface area contributed by atoms with Gasteiger partial charge in [0.25, 0.3) is 5.91 Å². The first-order chi connectivity index (χ1) is 13.9. The van der Waals surface area contributed by atoms with Gasteiger partial charge >= 0.3 is 0 Å². The highest BCUT2D eigenvalue weighted by Crippen LogP contribution is 2.40. The zero-order valence-corrected chi connectivity index (χ0v) is 17.2. The molecule has 1 N–H and O–H groups in total. The van der Waals surface area contributed by atoms with Gasteiger partial charge in [0.15, 0.2) is 11.3 Å². The molecule has 3 atom stereocenters. The summed E-state index contributed by atoms with van der Waals surface area (Å²) in [6.45, 7) is 2.80. The second-order valence-corrected chi connectivity index (χ2v) is 9.98. The summed E-state index contributed by atoms with van der Waals surface area (Å²) >= 11 is 1.63. The number of alkyl halides is 3. The largest absolute Gasteiger partial charge is 0.340 e. The monoisotopic (exact) mass is 428 g/mol. The van der Waals surface area contributed by atoms with Gasteiger partial charge in [-0.3, -0.25) is 4.79 Å². The fraction of sp³-hybridized carbons (Fsp3) is 0.800. The van der Waals surface area contributed by atoms with Crippen molar-refractivity contribution in [1.82, 2.24) is 15.2 Å². The van der Waals surface area contributed by atoms with Gasteiger partial charge in [-0.05, 0) is 31.6 Å². The summed E-state index contributed by atoms with van der Waals surface area (Å²) in [6, 6.07) is 0.970. The van der Waals surface area contributed by atoms with Gasteiger partial charge in [0.05, 0.1) is 12.2 Å². The Morgan fingerprint density at radius 2 is 1.86 bits per heavy atom. The van der Waals surface area contributed by atoms with Crippen LogP contribution in [0.25, 0.3) is 0 Å². The Labute approximate surface area is 172 Å². The van der Waals surface area contributed by atoms with Gasteiger partial charge < -0.3 is 15.1 Å². The maximum Gasteiger partial charge on any atom is 0.257 e. The molecule has 1 aromatic rings. The number of piperazine rings is 1. The number of hydrogen-bond acceptors (Lipinski definition) is 5. The Balaban J connectivity index is 1.25. The number of fused-ring (bicyclic) bond motifs is 3. The number of rotatable bonds is 3. The molecule has 4 heterocycles. The first kappa shape index (κ1) is 19.6. The Hall–Kier alpha value is -1.35. The first-order valence-corrected chi connectivity index (χ1v) is 11.5. The average Bonchev–Trinajstić information content (AvgIpc) is 3.23. The van der Waals surface area contributed by atoms with Gasteiger partial charge in [0, 0.05) is 55.9 Å². The summed E-state index contributed by atoms with van der Waals surface area (Å²) < 4.78 is 41.5. The molecular formula is C20H27F3N4OS. The maximum absolute atomic E-state index is 14.8. The van der Waals surface area contributed by atoms with Crippen LogP contribution >= 0.6 is 11.3 Å². The molecule has 29 heavy (non-hydrogen) atoms. The highest BCUT2D eigenvalue weighted by Gasteiger charge is 2.42. The van der Waals surface area contributed by atoms with Crippen molar-refractivity contribution in [2.24, 2.45) is 5.92 Å². The summed E-state index contributed by atoms with van der Waals surface area (Å²) in [5.74, 6) is -3.83. The quantitative estimate of drug-likeness (QED) is 0.804. The van der Waals surface area contributed by atoms with Crippen LogP contribution in [0.5, 0.6) is 0 Å². The third-order valence-corrected chi connectivity index (χ3v) is 8.14. The summed E-state index contributed by atoms with van der Waals surface area (Å²) in [5.41, 5.74) is 1.03. The third-order valence-electron chi connectivity index (χ3n) is 7.04. The van der Waals surface area contributed by atoms with Crippen LogP contribution in [0.3, 0.4) is 0 Å². The highest BCUT2D eigenvalue weighted by molar-refractivity contribution is 7.15. The molecule has 0 spiro atoms. The zero-order chi connectivity index (χ0) is 20.2. The van der Waals surface area contributed by atoms with Crippen molar-refractivity contribution in [3.8, 4) is 0 Å². The predicted octanol–water partition coefficient (Wildman–Crippen LogP) is 3.13. The number of amides is 1. The van der Waals surface area contributed by atoms with Crippen molar-refractivity contribution in [2.45, 2.75) is 75.7 Å². The number of halogens is 3. The summed E-state index contributed by atoms with van der Waals surface area (Å²) in [4.78, 5) is 22.6. The number of nitrogens with one attached hydrogen (secondary N) is 1. The van der Waals surface area contributed by atoms with Crippen LogP contribution in [0, 0.1) is 5.92 Å². The van der Waals surface area contributed by atoms with Gasteiger partial charge in [-0.25, -0.2) is 18.2 Å². The molecule has 5 nitrogen and oxygen atoms in total. The van der Waals surface area contributed by atoms with E-state index >= 15 is 0 Å². The number of nitrogens with zero attached hydrogens (tertiary/aromatic N) is 3. The minimum atomic E-state index is -2.71. The van der Waals surface area contributed by atoms with Crippen molar-refractivity contribution in [2.75, 3.05) is 24.5 Å². The van der Waals surface area contributed by atoms with Crippen LogP contribution in [0.1, 0.15) is 49.1 Å². The van der Waals surface area contributed by atoms with E-state index in [1.165, 1.54) is 12.8 Å². The van der Waals surface area contributed by atoms with Crippen LogP contribution in [0.15, 0.2) is 0 Å². The second kappa shape index (κ2) is 7.41. The van der Waals surface area contributed by atoms with Crippen LogP contribution in [0.4, 0.5) is 18.3 Å².